The molecule has 1 aromatic carbocycles. The Morgan fingerprint density at radius 3 is 2.96 bits per heavy atom. The number of rotatable bonds is 7. The van der Waals surface area contributed by atoms with E-state index in [2.05, 4.69) is 34.1 Å². The number of ketones is 1. The van der Waals surface area contributed by atoms with Crippen LogP contribution in [0.4, 0.5) is 10.1 Å². The Labute approximate surface area is 145 Å². The zero-order valence-electron chi connectivity index (χ0n) is 14.3. The standard InChI is InChI=1S/C19H21FN4O/c1-12(2)5-4-8-22-16-7-3-6-13(17(16)20)18(25)14-10-23-19-15(14)9-21-11-24-19/h3,6-7,9-12,22H,4-5,8H2,1-2H3,(H,21,23,24). The normalized spacial score (nSPS) is 11.2. The van der Waals surface area contributed by atoms with Crippen LogP contribution in [0.5, 0.6) is 0 Å². The number of aromatic amines is 1. The first kappa shape index (κ1) is 17.1. The smallest absolute Gasteiger partial charge is 0.198 e. The number of carbonyl (C=O) groups excluding carboxylic acids is 1. The molecule has 0 unspecified atom stereocenters. The van der Waals surface area contributed by atoms with Crippen molar-refractivity contribution in [3.8, 4) is 0 Å². The highest BCUT2D eigenvalue weighted by Crippen LogP contribution is 2.24. The van der Waals surface area contributed by atoms with Gasteiger partial charge in [-0.15, -0.1) is 0 Å². The molecule has 0 bridgehead atoms. The minimum Gasteiger partial charge on any atom is -0.383 e. The van der Waals surface area contributed by atoms with Crippen LogP contribution in [-0.2, 0) is 0 Å². The number of halogens is 1. The van der Waals surface area contributed by atoms with E-state index >= 15 is 0 Å². The molecule has 0 aliphatic carbocycles. The molecule has 2 aromatic heterocycles. The molecule has 0 aliphatic heterocycles. The van der Waals surface area contributed by atoms with E-state index in [1.54, 1.807) is 24.5 Å². The van der Waals surface area contributed by atoms with E-state index in [0.29, 0.717) is 34.7 Å². The van der Waals surface area contributed by atoms with E-state index in [0.717, 1.165) is 12.8 Å². The quantitative estimate of drug-likeness (QED) is 0.500. The van der Waals surface area contributed by atoms with Crippen LogP contribution in [0.3, 0.4) is 0 Å². The molecule has 0 spiro atoms. The Balaban J connectivity index is 1.82. The van der Waals surface area contributed by atoms with E-state index in [9.17, 15) is 9.18 Å². The lowest BCUT2D eigenvalue weighted by atomic mass is 10.0. The number of aromatic nitrogens is 3. The van der Waals surface area contributed by atoms with Gasteiger partial charge in [0.2, 0.25) is 0 Å². The van der Waals surface area contributed by atoms with Crippen molar-refractivity contribution in [1.82, 2.24) is 15.0 Å². The summed E-state index contributed by atoms with van der Waals surface area (Å²) in [5, 5.41) is 3.67. The van der Waals surface area contributed by atoms with Gasteiger partial charge in [-0.2, -0.15) is 0 Å². The molecule has 2 N–H and O–H groups in total. The summed E-state index contributed by atoms with van der Waals surface area (Å²) in [7, 11) is 0. The molecule has 3 aromatic rings. The summed E-state index contributed by atoms with van der Waals surface area (Å²) in [6.07, 6.45) is 6.52. The minimum atomic E-state index is -0.525. The third-order valence-corrected chi connectivity index (χ3v) is 4.12. The molecular weight excluding hydrogens is 319 g/mol. The van der Waals surface area contributed by atoms with E-state index in [1.165, 1.54) is 12.4 Å². The van der Waals surface area contributed by atoms with Gasteiger partial charge in [-0.25, -0.2) is 14.4 Å². The van der Waals surface area contributed by atoms with Crippen molar-refractivity contribution in [1.29, 1.82) is 0 Å². The molecule has 2 heterocycles. The maximum atomic E-state index is 14.8. The lowest BCUT2D eigenvalue weighted by molar-refractivity contribution is 0.103. The Kier molecular flexibility index (Phi) is 5.07. The van der Waals surface area contributed by atoms with Crippen LogP contribution in [0.1, 0.15) is 42.6 Å². The number of hydrogen-bond donors (Lipinski definition) is 2. The molecule has 0 radical (unpaired) electrons. The van der Waals surface area contributed by atoms with Gasteiger partial charge in [-0.1, -0.05) is 19.9 Å². The van der Waals surface area contributed by atoms with Gasteiger partial charge in [0.25, 0.3) is 0 Å². The predicted molar refractivity (Wildman–Crippen MR) is 96.3 cm³/mol. The lowest BCUT2D eigenvalue weighted by Gasteiger charge is -2.11. The van der Waals surface area contributed by atoms with Gasteiger partial charge in [0, 0.05) is 24.3 Å². The zero-order chi connectivity index (χ0) is 17.8. The van der Waals surface area contributed by atoms with Crippen LogP contribution < -0.4 is 5.32 Å². The summed E-state index contributed by atoms with van der Waals surface area (Å²) in [5.74, 6) is -0.295. The first-order valence-electron chi connectivity index (χ1n) is 8.42. The van der Waals surface area contributed by atoms with Crippen LogP contribution in [0.15, 0.2) is 36.9 Å². The van der Waals surface area contributed by atoms with Gasteiger partial charge >= 0.3 is 0 Å². The molecule has 6 heteroatoms. The summed E-state index contributed by atoms with van der Waals surface area (Å²) in [5.41, 5.74) is 1.32. The Bertz CT molecular complexity index is 888. The van der Waals surface area contributed by atoms with Crippen LogP contribution in [0, 0.1) is 11.7 Å². The summed E-state index contributed by atoms with van der Waals surface area (Å²) in [6, 6.07) is 4.84. The van der Waals surface area contributed by atoms with Gasteiger partial charge in [-0.05, 0) is 30.9 Å². The maximum absolute atomic E-state index is 14.8. The van der Waals surface area contributed by atoms with Crippen molar-refractivity contribution in [2.75, 3.05) is 11.9 Å². The molecule has 0 aliphatic rings. The van der Waals surface area contributed by atoms with Gasteiger partial charge in [0.1, 0.15) is 12.0 Å². The van der Waals surface area contributed by atoms with Crippen LogP contribution in [0.25, 0.3) is 11.0 Å². The van der Waals surface area contributed by atoms with Crippen LogP contribution >= 0.6 is 0 Å². The summed E-state index contributed by atoms with van der Waals surface area (Å²) in [6.45, 7) is 4.99. The van der Waals surface area contributed by atoms with Crippen molar-refractivity contribution >= 4 is 22.5 Å². The number of nitrogens with zero attached hydrogens (tertiary/aromatic N) is 2. The monoisotopic (exact) mass is 340 g/mol. The fourth-order valence-corrected chi connectivity index (χ4v) is 2.77. The Morgan fingerprint density at radius 1 is 1.32 bits per heavy atom. The third kappa shape index (κ3) is 3.68. The molecule has 0 saturated heterocycles. The summed E-state index contributed by atoms with van der Waals surface area (Å²) in [4.78, 5) is 23.7. The van der Waals surface area contributed by atoms with Crippen LogP contribution in [-0.4, -0.2) is 27.3 Å². The van der Waals surface area contributed by atoms with Gasteiger partial charge < -0.3 is 10.3 Å². The van der Waals surface area contributed by atoms with Crippen molar-refractivity contribution in [3.63, 3.8) is 0 Å². The number of benzene rings is 1. The molecule has 0 saturated carbocycles. The number of hydrogen-bond acceptors (Lipinski definition) is 4. The molecule has 130 valence electrons. The van der Waals surface area contributed by atoms with Gasteiger partial charge in [-0.3, -0.25) is 4.79 Å². The second-order valence-corrected chi connectivity index (χ2v) is 6.45. The summed E-state index contributed by atoms with van der Waals surface area (Å²) < 4.78 is 14.8. The molecular formula is C19H21FN4O. The fourth-order valence-electron chi connectivity index (χ4n) is 2.77. The van der Waals surface area contributed by atoms with Crippen LogP contribution in [0.2, 0.25) is 0 Å². The zero-order valence-corrected chi connectivity index (χ0v) is 14.3. The summed E-state index contributed by atoms with van der Waals surface area (Å²) >= 11 is 0. The first-order chi connectivity index (χ1) is 12.1. The number of H-pyrrole nitrogens is 1. The van der Waals surface area contributed by atoms with E-state index in [1.807, 2.05) is 0 Å². The average molecular weight is 340 g/mol. The largest absolute Gasteiger partial charge is 0.383 e. The maximum Gasteiger partial charge on any atom is 0.198 e. The first-order valence-corrected chi connectivity index (χ1v) is 8.42. The van der Waals surface area contributed by atoms with Gasteiger partial charge in [0.15, 0.2) is 11.6 Å². The van der Waals surface area contributed by atoms with Crippen molar-refractivity contribution in [2.45, 2.75) is 26.7 Å². The Hall–Kier alpha value is -2.76. The fraction of sp³-hybridized carbons (Fsp3) is 0.316. The van der Waals surface area contributed by atoms with Crippen molar-refractivity contribution in [3.05, 3.63) is 53.9 Å². The van der Waals surface area contributed by atoms with Crippen molar-refractivity contribution < 1.29 is 9.18 Å². The van der Waals surface area contributed by atoms with E-state index < -0.39 is 5.82 Å². The molecule has 0 atom stereocenters. The van der Waals surface area contributed by atoms with E-state index in [-0.39, 0.29) is 11.3 Å². The highest BCUT2D eigenvalue weighted by atomic mass is 19.1. The second-order valence-electron chi connectivity index (χ2n) is 6.45. The molecule has 0 amide bonds. The van der Waals surface area contributed by atoms with Gasteiger partial charge in [0.05, 0.1) is 16.8 Å². The SMILES string of the molecule is CC(C)CCCNc1cccc(C(=O)c2c[nH]c3ncncc23)c1F. The second kappa shape index (κ2) is 7.42. The minimum absolute atomic E-state index is 0.0404. The molecule has 5 nitrogen and oxygen atoms in total. The predicted octanol–water partition coefficient (Wildman–Crippen LogP) is 4.18. The number of fused-ring (bicyclic) bond motifs is 1. The topological polar surface area (TPSA) is 70.7 Å². The van der Waals surface area contributed by atoms with Crippen molar-refractivity contribution in [2.24, 2.45) is 5.92 Å². The average Bonchev–Trinajstić information content (AvgIpc) is 3.03. The highest BCUT2D eigenvalue weighted by Gasteiger charge is 2.20. The number of nitrogens with one attached hydrogen (secondary N) is 2. The molecule has 25 heavy (non-hydrogen) atoms. The third-order valence-electron chi connectivity index (χ3n) is 4.12. The lowest BCUT2D eigenvalue weighted by Crippen LogP contribution is -2.09. The number of carbonyl (C=O) groups is 1. The molecule has 3 rings (SSSR count). The Morgan fingerprint density at radius 2 is 2.16 bits per heavy atom. The number of anilines is 1. The van der Waals surface area contributed by atoms with E-state index in [4.69, 9.17) is 0 Å². The highest BCUT2D eigenvalue weighted by molar-refractivity contribution is 6.16. The molecule has 0 fully saturated rings.